The van der Waals surface area contributed by atoms with Gasteiger partial charge in [0, 0.05) is 18.8 Å². The smallest absolute Gasteiger partial charge is 0.240 e. The maximum Gasteiger partial charge on any atom is 0.240 e. The first-order valence-electron chi connectivity index (χ1n) is 6.70. The van der Waals surface area contributed by atoms with Crippen LogP contribution in [0.3, 0.4) is 0 Å². The molecule has 4 nitrogen and oxygen atoms in total. The summed E-state index contributed by atoms with van der Waals surface area (Å²) in [5.41, 5.74) is -0.461. The minimum absolute atomic E-state index is 0.0858. The average molecular weight is 240 g/mol. The lowest BCUT2D eigenvalue weighted by atomic mass is 9.86. The van der Waals surface area contributed by atoms with Crippen molar-refractivity contribution >= 4 is 5.91 Å². The fourth-order valence-corrected chi connectivity index (χ4v) is 2.61. The Morgan fingerprint density at radius 3 is 2.47 bits per heavy atom. The Morgan fingerprint density at radius 1 is 1.18 bits per heavy atom. The van der Waals surface area contributed by atoms with Gasteiger partial charge in [-0.2, -0.15) is 0 Å². The van der Waals surface area contributed by atoms with E-state index in [2.05, 4.69) is 17.6 Å². The summed E-state index contributed by atoms with van der Waals surface area (Å²) in [6.07, 6.45) is 5.07. The van der Waals surface area contributed by atoms with Crippen molar-refractivity contribution in [3.8, 4) is 0 Å². The largest absolute Gasteiger partial charge is 0.381 e. The van der Waals surface area contributed by atoms with E-state index in [1.165, 1.54) is 6.42 Å². The first-order valence-corrected chi connectivity index (χ1v) is 6.70. The normalized spacial score (nSPS) is 33.1. The molecule has 0 spiro atoms. The van der Waals surface area contributed by atoms with E-state index >= 15 is 0 Å². The Kier molecular flexibility index (Phi) is 3.73. The van der Waals surface area contributed by atoms with Gasteiger partial charge >= 0.3 is 0 Å². The third kappa shape index (κ3) is 2.99. The first kappa shape index (κ1) is 12.8. The van der Waals surface area contributed by atoms with E-state index in [0.29, 0.717) is 0 Å². The molecule has 0 aromatic rings. The van der Waals surface area contributed by atoms with Gasteiger partial charge in [-0.25, -0.2) is 0 Å². The van der Waals surface area contributed by atoms with Crippen molar-refractivity contribution in [3.05, 3.63) is 0 Å². The molecule has 4 heteroatoms. The maximum absolute atomic E-state index is 12.4. The molecule has 0 aromatic carbocycles. The second kappa shape index (κ2) is 4.94. The van der Waals surface area contributed by atoms with Crippen LogP contribution in [0.25, 0.3) is 0 Å². The summed E-state index contributed by atoms with van der Waals surface area (Å²) in [5, 5.41) is 6.58. The highest BCUT2D eigenvalue weighted by atomic mass is 16.5. The Bertz CT molecular complexity index is 279. The Balaban J connectivity index is 1.95. The van der Waals surface area contributed by atoms with Crippen LogP contribution < -0.4 is 10.6 Å². The number of rotatable bonds is 2. The van der Waals surface area contributed by atoms with E-state index in [1.807, 2.05) is 6.92 Å². The van der Waals surface area contributed by atoms with Gasteiger partial charge < -0.3 is 15.4 Å². The highest BCUT2D eigenvalue weighted by molar-refractivity contribution is 5.86. The van der Waals surface area contributed by atoms with Crippen LogP contribution in [-0.4, -0.2) is 36.7 Å². The summed E-state index contributed by atoms with van der Waals surface area (Å²) < 4.78 is 5.35. The second-order valence-electron chi connectivity index (χ2n) is 5.84. The van der Waals surface area contributed by atoms with Gasteiger partial charge in [-0.15, -0.1) is 0 Å². The minimum atomic E-state index is -0.375. The molecule has 0 saturated carbocycles. The van der Waals surface area contributed by atoms with Gasteiger partial charge in [0.05, 0.1) is 5.54 Å². The molecular weight excluding hydrogens is 216 g/mol. The summed E-state index contributed by atoms with van der Waals surface area (Å²) >= 11 is 0. The molecular formula is C13H24N2O2. The van der Waals surface area contributed by atoms with Gasteiger partial charge in [0.15, 0.2) is 0 Å². The Morgan fingerprint density at radius 2 is 1.88 bits per heavy atom. The molecule has 2 fully saturated rings. The SMILES string of the molecule is CC1(NC(=O)C2(C)CCCCN2)CCOCC1. The maximum atomic E-state index is 12.4. The van der Waals surface area contributed by atoms with Crippen LogP contribution in [-0.2, 0) is 9.53 Å². The lowest BCUT2D eigenvalue weighted by Gasteiger charge is -2.40. The van der Waals surface area contributed by atoms with Crippen LogP contribution in [0.15, 0.2) is 0 Å². The van der Waals surface area contributed by atoms with E-state index < -0.39 is 0 Å². The minimum Gasteiger partial charge on any atom is -0.381 e. The van der Waals surface area contributed by atoms with Crippen molar-refractivity contribution in [2.24, 2.45) is 0 Å². The Hall–Kier alpha value is -0.610. The lowest BCUT2D eigenvalue weighted by molar-refractivity contribution is -0.131. The van der Waals surface area contributed by atoms with E-state index in [1.54, 1.807) is 0 Å². The molecule has 98 valence electrons. The van der Waals surface area contributed by atoms with Crippen LogP contribution >= 0.6 is 0 Å². The highest BCUT2D eigenvalue weighted by Gasteiger charge is 2.38. The number of carbonyl (C=O) groups is 1. The fraction of sp³-hybridized carbons (Fsp3) is 0.923. The van der Waals surface area contributed by atoms with Gasteiger partial charge in [0.2, 0.25) is 5.91 Å². The summed E-state index contributed by atoms with van der Waals surface area (Å²) in [6.45, 7) is 6.59. The molecule has 0 aromatic heterocycles. The molecule has 0 radical (unpaired) electrons. The number of carbonyl (C=O) groups excluding carboxylic acids is 1. The lowest BCUT2D eigenvalue weighted by Crippen LogP contribution is -2.62. The van der Waals surface area contributed by atoms with Crippen LogP contribution in [0.1, 0.15) is 46.0 Å². The standard InChI is InChI=1S/C13H24N2O2/c1-12(6-9-17-10-7-12)15-11(16)13(2)5-3-4-8-14-13/h14H,3-10H2,1-2H3,(H,15,16). The van der Waals surface area contributed by atoms with E-state index in [9.17, 15) is 4.79 Å². The molecule has 0 aliphatic carbocycles. The number of nitrogens with one attached hydrogen (secondary N) is 2. The molecule has 1 atom stereocenters. The topological polar surface area (TPSA) is 50.4 Å². The predicted molar refractivity (Wildman–Crippen MR) is 66.9 cm³/mol. The number of hydrogen-bond donors (Lipinski definition) is 2. The van der Waals surface area contributed by atoms with Crippen molar-refractivity contribution in [2.75, 3.05) is 19.8 Å². The molecule has 2 aliphatic heterocycles. The van der Waals surface area contributed by atoms with Crippen molar-refractivity contribution in [2.45, 2.75) is 57.0 Å². The van der Waals surface area contributed by atoms with Gasteiger partial charge in [-0.05, 0) is 52.5 Å². The monoisotopic (exact) mass is 240 g/mol. The zero-order valence-corrected chi connectivity index (χ0v) is 11.0. The zero-order valence-electron chi connectivity index (χ0n) is 11.0. The quantitative estimate of drug-likeness (QED) is 0.762. The first-order chi connectivity index (χ1) is 8.04. The van der Waals surface area contributed by atoms with Gasteiger partial charge in [-0.3, -0.25) is 4.79 Å². The predicted octanol–water partition coefficient (Wildman–Crippen LogP) is 1.20. The summed E-state index contributed by atoms with van der Waals surface area (Å²) in [7, 11) is 0. The zero-order chi connectivity index (χ0) is 12.4. The summed E-state index contributed by atoms with van der Waals surface area (Å²) in [4.78, 5) is 12.4. The van der Waals surface area contributed by atoms with Crippen molar-refractivity contribution in [1.29, 1.82) is 0 Å². The molecule has 17 heavy (non-hydrogen) atoms. The number of ether oxygens (including phenoxy) is 1. The Labute approximate surface area is 103 Å². The van der Waals surface area contributed by atoms with Gasteiger partial charge in [0.1, 0.15) is 0 Å². The third-order valence-corrected chi connectivity index (χ3v) is 4.13. The van der Waals surface area contributed by atoms with Crippen LogP contribution in [0.4, 0.5) is 0 Å². The van der Waals surface area contributed by atoms with Gasteiger partial charge in [0.25, 0.3) is 0 Å². The average Bonchev–Trinajstić information content (AvgIpc) is 2.30. The van der Waals surface area contributed by atoms with Crippen molar-refractivity contribution < 1.29 is 9.53 Å². The van der Waals surface area contributed by atoms with E-state index in [0.717, 1.165) is 45.4 Å². The van der Waals surface area contributed by atoms with Crippen molar-refractivity contribution in [3.63, 3.8) is 0 Å². The van der Waals surface area contributed by atoms with E-state index in [-0.39, 0.29) is 17.0 Å². The molecule has 1 unspecified atom stereocenters. The van der Waals surface area contributed by atoms with Crippen LogP contribution in [0.5, 0.6) is 0 Å². The molecule has 2 heterocycles. The van der Waals surface area contributed by atoms with E-state index in [4.69, 9.17) is 4.74 Å². The fourth-order valence-electron chi connectivity index (χ4n) is 2.61. The van der Waals surface area contributed by atoms with Crippen molar-refractivity contribution in [1.82, 2.24) is 10.6 Å². The molecule has 1 amide bonds. The van der Waals surface area contributed by atoms with Crippen LogP contribution in [0.2, 0.25) is 0 Å². The number of piperidine rings is 1. The van der Waals surface area contributed by atoms with Gasteiger partial charge in [-0.1, -0.05) is 0 Å². The molecule has 2 aliphatic rings. The number of hydrogen-bond acceptors (Lipinski definition) is 3. The summed E-state index contributed by atoms with van der Waals surface area (Å²) in [6, 6.07) is 0. The molecule has 2 rings (SSSR count). The third-order valence-electron chi connectivity index (χ3n) is 4.13. The second-order valence-corrected chi connectivity index (χ2v) is 5.84. The highest BCUT2D eigenvalue weighted by Crippen LogP contribution is 2.24. The summed E-state index contributed by atoms with van der Waals surface area (Å²) in [5.74, 6) is 0.154. The molecule has 0 bridgehead atoms. The molecule has 2 N–H and O–H groups in total. The molecule has 2 saturated heterocycles. The van der Waals surface area contributed by atoms with Crippen LogP contribution in [0, 0.1) is 0 Å². The number of amides is 1.